The molecule has 1 aliphatic rings. The van der Waals surface area contributed by atoms with Crippen molar-refractivity contribution >= 4 is 27.5 Å². The van der Waals surface area contributed by atoms with E-state index in [1.54, 1.807) is 25.3 Å². The summed E-state index contributed by atoms with van der Waals surface area (Å²) in [4.78, 5) is 16.4. The summed E-state index contributed by atoms with van der Waals surface area (Å²) in [5.41, 5.74) is 1.99. The number of benzene rings is 1. The molecule has 2 aromatic rings. The van der Waals surface area contributed by atoms with Crippen LogP contribution in [0.1, 0.15) is 11.3 Å². The normalized spacial score (nSPS) is 15.0. The van der Waals surface area contributed by atoms with Gasteiger partial charge in [0.05, 0.1) is 5.69 Å². The Morgan fingerprint density at radius 2 is 2.08 bits per heavy atom. The number of pyridine rings is 1. The highest BCUT2D eigenvalue weighted by Gasteiger charge is 2.27. The van der Waals surface area contributed by atoms with Gasteiger partial charge in [0.2, 0.25) is 5.84 Å². The van der Waals surface area contributed by atoms with Gasteiger partial charge in [0.1, 0.15) is 4.90 Å². The van der Waals surface area contributed by atoms with E-state index in [-0.39, 0.29) is 10.7 Å². The maximum atomic E-state index is 12.2. The molecule has 0 aliphatic carbocycles. The van der Waals surface area contributed by atoms with Crippen LogP contribution >= 0.6 is 0 Å². The molecule has 0 radical (unpaired) electrons. The largest absolute Gasteiger partial charge is 0.349 e. The van der Waals surface area contributed by atoms with Crippen LogP contribution in [0.2, 0.25) is 0 Å². The SMILES string of the molecule is Cc1ccc2c(c1)S(=O)(=O)N=C(C(=O)NCCc1ccccn1)N2. The molecule has 1 aromatic heterocycles. The number of hydrogen-bond acceptors (Lipinski definition) is 5. The number of anilines is 1. The predicted molar refractivity (Wildman–Crippen MR) is 90.4 cm³/mol. The lowest BCUT2D eigenvalue weighted by atomic mass is 10.2. The molecule has 1 amide bonds. The first-order valence-electron chi connectivity index (χ1n) is 7.36. The summed E-state index contributed by atoms with van der Waals surface area (Å²) in [5.74, 6) is -0.798. The lowest BCUT2D eigenvalue weighted by Gasteiger charge is -2.18. The van der Waals surface area contributed by atoms with Crippen LogP contribution < -0.4 is 10.6 Å². The smallest absolute Gasteiger partial charge is 0.287 e. The van der Waals surface area contributed by atoms with Gasteiger partial charge >= 0.3 is 0 Å². The molecule has 0 fully saturated rings. The van der Waals surface area contributed by atoms with Gasteiger partial charge < -0.3 is 10.6 Å². The van der Waals surface area contributed by atoms with Gasteiger partial charge in [-0.1, -0.05) is 12.1 Å². The minimum atomic E-state index is -3.88. The number of sulfonamides is 1. The number of amides is 1. The number of carbonyl (C=O) groups excluding carboxylic acids is 1. The molecule has 0 saturated carbocycles. The fourth-order valence-corrected chi connectivity index (χ4v) is 3.50. The Bertz CT molecular complexity index is 908. The number of amidine groups is 1. The van der Waals surface area contributed by atoms with Crippen LogP contribution in [0.5, 0.6) is 0 Å². The topological polar surface area (TPSA) is 101 Å². The molecule has 1 aromatic carbocycles. The summed E-state index contributed by atoms with van der Waals surface area (Å²) in [6.07, 6.45) is 2.22. The molecule has 0 saturated heterocycles. The Balaban J connectivity index is 1.70. The average molecular weight is 344 g/mol. The number of rotatable bonds is 4. The zero-order chi connectivity index (χ0) is 17.2. The number of carbonyl (C=O) groups is 1. The molecule has 0 bridgehead atoms. The van der Waals surface area contributed by atoms with Gasteiger partial charge in [0.15, 0.2) is 0 Å². The fraction of sp³-hybridized carbons (Fsp3) is 0.188. The third-order valence-electron chi connectivity index (χ3n) is 3.49. The molecule has 0 spiro atoms. The summed E-state index contributed by atoms with van der Waals surface area (Å²) < 4.78 is 28.0. The first kappa shape index (κ1) is 16.1. The summed E-state index contributed by atoms with van der Waals surface area (Å²) >= 11 is 0. The second kappa shape index (κ2) is 6.40. The quantitative estimate of drug-likeness (QED) is 0.870. The minimum Gasteiger partial charge on any atom is -0.349 e. The molecule has 2 heterocycles. The van der Waals surface area contributed by atoms with Crippen LogP contribution in [0, 0.1) is 6.92 Å². The van der Waals surface area contributed by atoms with Crippen LogP contribution in [-0.4, -0.2) is 31.7 Å². The Morgan fingerprint density at radius 3 is 2.83 bits per heavy atom. The first-order chi connectivity index (χ1) is 11.5. The Morgan fingerprint density at radius 1 is 1.25 bits per heavy atom. The average Bonchev–Trinajstić information content (AvgIpc) is 2.56. The van der Waals surface area contributed by atoms with Gasteiger partial charge in [-0.25, -0.2) is 0 Å². The zero-order valence-electron chi connectivity index (χ0n) is 13.0. The number of nitrogens with zero attached hydrogens (tertiary/aromatic N) is 2. The van der Waals surface area contributed by atoms with Gasteiger partial charge in [-0.05, 0) is 36.8 Å². The van der Waals surface area contributed by atoms with E-state index in [0.717, 1.165) is 11.3 Å². The summed E-state index contributed by atoms with van der Waals surface area (Å²) in [6, 6.07) is 10.4. The van der Waals surface area contributed by atoms with E-state index in [1.807, 2.05) is 18.2 Å². The van der Waals surface area contributed by atoms with Gasteiger partial charge in [-0.3, -0.25) is 9.78 Å². The van der Waals surface area contributed by atoms with E-state index >= 15 is 0 Å². The summed E-state index contributed by atoms with van der Waals surface area (Å²) in [6.45, 7) is 2.12. The summed E-state index contributed by atoms with van der Waals surface area (Å²) in [5, 5.41) is 5.42. The van der Waals surface area contributed by atoms with Gasteiger partial charge in [0, 0.05) is 24.9 Å². The van der Waals surface area contributed by atoms with Crippen molar-refractivity contribution in [3.05, 3.63) is 53.9 Å². The first-order valence-corrected chi connectivity index (χ1v) is 8.80. The van der Waals surface area contributed by atoms with Crippen molar-refractivity contribution < 1.29 is 13.2 Å². The van der Waals surface area contributed by atoms with E-state index < -0.39 is 15.9 Å². The van der Waals surface area contributed by atoms with Crippen LogP contribution in [0.15, 0.2) is 51.9 Å². The molecular formula is C16H16N4O3S. The summed E-state index contributed by atoms with van der Waals surface area (Å²) in [7, 11) is -3.88. The highest BCUT2D eigenvalue weighted by molar-refractivity contribution is 7.90. The van der Waals surface area contributed by atoms with Gasteiger partial charge in [-0.15, -0.1) is 4.40 Å². The molecule has 2 N–H and O–H groups in total. The van der Waals surface area contributed by atoms with Crippen molar-refractivity contribution in [1.82, 2.24) is 10.3 Å². The van der Waals surface area contributed by atoms with Crippen molar-refractivity contribution in [2.45, 2.75) is 18.2 Å². The number of nitrogens with one attached hydrogen (secondary N) is 2. The number of aromatic nitrogens is 1. The van der Waals surface area contributed by atoms with Crippen LogP contribution in [0.4, 0.5) is 5.69 Å². The van der Waals surface area contributed by atoms with Crippen LogP contribution in [0.25, 0.3) is 0 Å². The van der Waals surface area contributed by atoms with Gasteiger partial charge in [0.25, 0.3) is 15.9 Å². The van der Waals surface area contributed by atoms with Crippen molar-refractivity contribution in [3.63, 3.8) is 0 Å². The highest BCUT2D eigenvalue weighted by Crippen LogP contribution is 2.27. The second-order valence-electron chi connectivity index (χ2n) is 5.37. The molecule has 8 heteroatoms. The molecule has 0 atom stereocenters. The lowest BCUT2D eigenvalue weighted by molar-refractivity contribution is -0.114. The molecule has 0 unspecified atom stereocenters. The minimum absolute atomic E-state index is 0.0764. The maximum Gasteiger partial charge on any atom is 0.287 e. The van der Waals surface area contributed by atoms with E-state index in [2.05, 4.69) is 20.0 Å². The van der Waals surface area contributed by atoms with Crippen molar-refractivity contribution in [2.75, 3.05) is 11.9 Å². The molecule has 124 valence electrons. The number of hydrogen-bond donors (Lipinski definition) is 2. The molecule has 7 nitrogen and oxygen atoms in total. The monoisotopic (exact) mass is 344 g/mol. The Kier molecular flexibility index (Phi) is 4.30. The highest BCUT2D eigenvalue weighted by atomic mass is 32.2. The standard InChI is InChI=1S/C16H16N4O3S/c1-11-5-6-13-14(10-11)24(22,23)20-15(19-13)16(21)18-9-7-12-4-2-3-8-17-12/h2-6,8,10H,7,9H2,1H3,(H,18,21)(H,19,20). The fourth-order valence-electron chi connectivity index (χ4n) is 2.30. The van der Waals surface area contributed by atoms with E-state index in [9.17, 15) is 13.2 Å². The van der Waals surface area contributed by atoms with Gasteiger partial charge in [-0.2, -0.15) is 8.42 Å². The molecule has 1 aliphatic heterocycles. The second-order valence-corrected chi connectivity index (χ2v) is 6.94. The molecule has 24 heavy (non-hydrogen) atoms. The number of fused-ring (bicyclic) bond motifs is 1. The van der Waals surface area contributed by atoms with Crippen molar-refractivity contribution in [1.29, 1.82) is 0 Å². The van der Waals surface area contributed by atoms with E-state index in [0.29, 0.717) is 18.7 Å². The molecule has 3 rings (SSSR count). The molecular weight excluding hydrogens is 328 g/mol. The predicted octanol–water partition coefficient (Wildman–Crippen LogP) is 1.26. The Hall–Kier alpha value is -2.74. The van der Waals surface area contributed by atoms with Crippen LogP contribution in [-0.2, 0) is 21.2 Å². The van der Waals surface area contributed by atoms with E-state index in [1.165, 1.54) is 6.07 Å². The zero-order valence-corrected chi connectivity index (χ0v) is 13.8. The lowest BCUT2D eigenvalue weighted by Crippen LogP contribution is -2.39. The third kappa shape index (κ3) is 3.43. The Labute approximate surface area is 139 Å². The van der Waals surface area contributed by atoms with E-state index in [4.69, 9.17) is 0 Å². The van der Waals surface area contributed by atoms with Crippen molar-refractivity contribution in [2.24, 2.45) is 4.40 Å². The number of aryl methyl sites for hydroxylation is 1. The van der Waals surface area contributed by atoms with Crippen molar-refractivity contribution in [3.8, 4) is 0 Å². The third-order valence-corrected chi connectivity index (χ3v) is 4.80. The van der Waals surface area contributed by atoms with Crippen LogP contribution in [0.3, 0.4) is 0 Å². The maximum absolute atomic E-state index is 12.2.